The summed E-state index contributed by atoms with van der Waals surface area (Å²) in [5, 5.41) is 7.12. The van der Waals surface area contributed by atoms with Crippen molar-refractivity contribution in [1.82, 2.24) is 10.6 Å². The van der Waals surface area contributed by atoms with Crippen LogP contribution >= 0.6 is 39.3 Å². The Labute approximate surface area is 197 Å². The van der Waals surface area contributed by atoms with Crippen LogP contribution in [0.5, 0.6) is 5.75 Å². The summed E-state index contributed by atoms with van der Waals surface area (Å²) < 4.78 is 31.7. The Hall–Kier alpha value is -1.79. The summed E-state index contributed by atoms with van der Waals surface area (Å²) >= 11 is 10.5. The van der Waals surface area contributed by atoms with Gasteiger partial charge in [-0.25, -0.2) is 8.42 Å². The number of ether oxygens (including phenoxy) is 1. The third-order valence-corrected chi connectivity index (χ3v) is 8.30. The Kier molecular flexibility index (Phi) is 7.87. The van der Waals surface area contributed by atoms with E-state index >= 15 is 0 Å². The topological polar surface area (TPSA) is 114 Å². The number of benzene rings is 2. The number of halogens is 2. The highest BCUT2D eigenvalue weighted by molar-refractivity contribution is 9.10. The molecule has 1 aliphatic rings. The second-order valence-corrected chi connectivity index (χ2v) is 11.0. The third kappa shape index (κ3) is 5.92. The number of anilines is 1. The van der Waals surface area contributed by atoms with Crippen molar-refractivity contribution in [2.75, 3.05) is 24.7 Å². The first-order chi connectivity index (χ1) is 14.7. The van der Waals surface area contributed by atoms with E-state index in [2.05, 4.69) is 31.9 Å². The summed E-state index contributed by atoms with van der Waals surface area (Å²) in [6.45, 7) is -0.0934. The van der Waals surface area contributed by atoms with Crippen LogP contribution in [0.4, 0.5) is 5.69 Å². The van der Waals surface area contributed by atoms with Crippen molar-refractivity contribution in [1.29, 1.82) is 0 Å². The zero-order chi connectivity index (χ0) is 22.6. The van der Waals surface area contributed by atoms with E-state index in [4.69, 9.17) is 16.3 Å². The van der Waals surface area contributed by atoms with E-state index in [1.165, 1.54) is 25.3 Å². The summed E-state index contributed by atoms with van der Waals surface area (Å²) in [7, 11) is -2.54. The first-order valence-electron chi connectivity index (χ1n) is 8.99. The quantitative estimate of drug-likeness (QED) is 0.487. The Morgan fingerprint density at radius 2 is 2.00 bits per heavy atom. The lowest BCUT2D eigenvalue weighted by molar-refractivity contribution is -0.122. The number of carbonyl (C=O) groups is 2. The van der Waals surface area contributed by atoms with E-state index in [9.17, 15) is 18.0 Å². The number of carbonyl (C=O) groups excluding carboxylic acids is 2. The molecule has 2 aromatic rings. The molecule has 2 amide bonds. The molecule has 1 saturated heterocycles. The number of sulfone groups is 1. The van der Waals surface area contributed by atoms with Crippen LogP contribution in [0.2, 0.25) is 5.02 Å². The lowest BCUT2D eigenvalue weighted by Crippen LogP contribution is -2.59. The molecule has 0 bridgehead atoms. The molecule has 31 heavy (non-hydrogen) atoms. The van der Waals surface area contributed by atoms with Crippen LogP contribution in [0.15, 0.2) is 51.8 Å². The molecule has 0 aromatic heterocycles. The van der Waals surface area contributed by atoms with Gasteiger partial charge in [0.25, 0.3) is 0 Å². The van der Waals surface area contributed by atoms with Crippen molar-refractivity contribution in [3.63, 3.8) is 0 Å². The number of hydrogen-bond acceptors (Lipinski definition) is 7. The molecule has 2 aromatic carbocycles. The number of hydrogen-bond donors (Lipinski definition) is 3. The van der Waals surface area contributed by atoms with Crippen molar-refractivity contribution in [3.8, 4) is 5.75 Å². The van der Waals surface area contributed by atoms with Crippen molar-refractivity contribution in [2.45, 2.75) is 15.6 Å². The highest BCUT2D eigenvalue weighted by atomic mass is 79.9. The van der Waals surface area contributed by atoms with Crippen LogP contribution in [-0.2, 0) is 19.4 Å². The van der Waals surface area contributed by atoms with E-state index in [-0.39, 0.29) is 28.1 Å². The van der Waals surface area contributed by atoms with Gasteiger partial charge >= 0.3 is 0 Å². The molecule has 1 aliphatic heterocycles. The van der Waals surface area contributed by atoms with E-state index < -0.39 is 26.5 Å². The van der Waals surface area contributed by atoms with Gasteiger partial charge in [-0.3, -0.25) is 14.9 Å². The van der Waals surface area contributed by atoms with Crippen LogP contribution in [0.3, 0.4) is 0 Å². The maximum atomic E-state index is 12.9. The molecule has 2 unspecified atom stereocenters. The van der Waals surface area contributed by atoms with Crippen LogP contribution in [0.25, 0.3) is 0 Å². The van der Waals surface area contributed by atoms with E-state index in [0.29, 0.717) is 11.4 Å². The molecule has 12 heteroatoms. The molecule has 0 saturated carbocycles. The molecule has 2 atom stereocenters. The fourth-order valence-corrected chi connectivity index (χ4v) is 5.73. The lowest BCUT2D eigenvalue weighted by atomic mass is 10.3. The molecule has 0 spiro atoms. The molecule has 166 valence electrons. The smallest absolute Gasteiger partial charge is 0.241 e. The molecule has 1 heterocycles. The maximum Gasteiger partial charge on any atom is 0.241 e. The third-order valence-electron chi connectivity index (χ3n) is 4.39. The lowest BCUT2D eigenvalue weighted by Gasteiger charge is -2.29. The zero-order valence-corrected chi connectivity index (χ0v) is 20.2. The number of thioether (sulfide) groups is 1. The first kappa shape index (κ1) is 23.9. The van der Waals surface area contributed by atoms with E-state index in [1.54, 1.807) is 12.1 Å². The van der Waals surface area contributed by atoms with Crippen molar-refractivity contribution in [3.05, 3.63) is 52.0 Å². The number of nitrogens with one attached hydrogen (secondary N) is 3. The van der Waals surface area contributed by atoms with Crippen LogP contribution in [-0.4, -0.2) is 50.4 Å². The van der Waals surface area contributed by atoms with E-state index in [1.807, 2.05) is 12.1 Å². The Morgan fingerprint density at radius 1 is 1.29 bits per heavy atom. The summed E-state index contributed by atoms with van der Waals surface area (Å²) in [5.41, 5.74) is 0.0628. The highest BCUT2D eigenvalue weighted by Crippen LogP contribution is 2.29. The normalized spacial score (nSPS) is 18.9. The number of methoxy groups -OCH3 is 1. The molecule has 0 aliphatic carbocycles. The first-order valence-corrected chi connectivity index (χ1v) is 12.8. The van der Waals surface area contributed by atoms with Gasteiger partial charge in [0, 0.05) is 16.7 Å². The van der Waals surface area contributed by atoms with Crippen LogP contribution < -0.4 is 20.7 Å². The van der Waals surface area contributed by atoms with Gasteiger partial charge in [-0.2, -0.15) is 0 Å². The summed E-state index contributed by atoms with van der Waals surface area (Å²) in [5.74, 6) is -0.480. The van der Waals surface area contributed by atoms with Gasteiger partial charge in [-0.15, -0.1) is 11.8 Å². The monoisotopic (exact) mass is 547 g/mol. The van der Waals surface area contributed by atoms with Gasteiger partial charge < -0.3 is 15.4 Å². The molecule has 0 radical (unpaired) electrons. The van der Waals surface area contributed by atoms with Crippen molar-refractivity contribution < 1.29 is 22.7 Å². The van der Waals surface area contributed by atoms with E-state index in [0.717, 1.165) is 16.2 Å². The summed E-state index contributed by atoms with van der Waals surface area (Å²) in [6, 6.07) is 11.2. The predicted molar refractivity (Wildman–Crippen MR) is 124 cm³/mol. The molecular weight excluding hydrogens is 530 g/mol. The van der Waals surface area contributed by atoms with Crippen LogP contribution in [0, 0.1) is 0 Å². The van der Waals surface area contributed by atoms with Gasteiger partial charge in [-0.05, 0) is 42.5 Å². The average Bonchev–Trinajstić information content (AvgIpc) is 2.73. The minimum Gasteiger partial charge on any atom is -0.495 e. The SMILES string of the molecule is COc1ccc(S(=O)(=O)C2CNC(SCC(=O)Nc3ccc(Br)cc3)NC2=O)cc1Cl. The summed E-state index contributed by atoms with van der Waals surface area (Å²) in [6.07, 6.45) is 0. The molecule has 3 rings (SSSR count). The molecule has 1 fully saturated rings. The standard InChI is InChI=1S/C19H19BrClN3O5S2/c1-29-15-7-6-13(8-14(15)21)31(27,28)16-9-22-19(24-18(16)26)30-10-17(25)23-12-4-2-11(20)3-5-12/h2-8,16,19,22H,9-10H2,1H3,(H,23,25)(H,24,26). The Morgan fingerprint density at radius 3 is 2.61 bits per heavy atom. The maximum absolute atomic E-state index is 12.9. The van der Waals surface area contributed by atoms with Gasteiger partial charge in [-0.1, -0.05) is 27.5 Å². The molecule has 3 N–H and O–H groups in total. The van der Waals surface area contributed by atoms with Gasteiger partial charge in [0.1, 0.15) is 11.2 Å². The highest BCUT2D eigenvalue weighted by Gasteiger charge is 2.38. The molecular formula is C19H19BrClN3O5S2. The predicted octanol–water partition coefficient (Wildman–Crippen LogP) is 2.63. The summed E-state index contributed by atoms with van der Waals surface area (Å²) in [4.78, 5) is 24.5. The fourth-order valence-electron chi connectivity index (χ4n) is 2.81. The Bertz CT molecular complexity index is 1080. The largest absolute Gasteiger partial charge is 0.495 e. The van der Waals surface area contributed by atoms with Gasteiger partial charge in [0.15, 0.2) is 15.1 Å². The molecule has 8 nitrogen and oxygen atoms in total. The minimum absolute atomic E-state index is 0.0690. The van der Waals surface area contributed by atoms with Crippen molar-refractivity contribution >= 4 is 66.6 Å². The second kappa shape index (κ2) is 10.2. The second-order valence-electron chi connectivity index (χ2n) is 6.49. The van der Waals surface area contributed by atoms with Crippen LogP contribution in [0.1, 0.15) is 0 Å². The number of amides is 2. The average molecular weight is 549 g/mol. The number of rotatable bonds is 7. The van der Waals surface area contributed by atoms with Gasteiger partial charge in [0.2, 0.25) is 11.8 Å². The minimum atomic E-state index is -3.96. The fraction of sp³-hybridized carbons (Fsp3) is 0.263. The zero-order valence-electron chi connectivity index (χ0n) is 16.2. The van der Waals surface area contributed by atoms with Crippen molar-refractivity contribution in [2.24, 2.45) is 0 Å². The Balaban J connectivity index is 1.56. The van der Waals surface area contributed by atoms with Gasteiger partial charge in [0.05, 0.1) is 22.8 Å².